The highest BCUT2D eigenvalue weighted by Gasteiger charge is 2.32. The lowest BCUT2D eigenvalue weighted by Crippen LogP contribution is -2.46. The minimum absolute atomic E-state index is 0.157. The van der Waals surface area contributed by atoms with E-state index in [-0.39, 0.29) is 5.91 Å². The molecule has 1 aromatic rings. The Morgan fingerprint density at radius 1 is 1.19 bits per heavy atom. The average molecular weight is 290 g/mol. The van der Waals surface area contributed by atoms with Crippen LogP contribution in [-0.4, -0.2) is 36.5 Å². The number of furan rings is 1. The molecule has 21 heavy (non-hydrogen) atoms. The van der Waals surface area contributed by atoms with Gasteiger partial charge in [0, 0.05) is 24.7 Å². The van der Waals surface area contributed by atoms with Crippen LogP contribution in [0.5, 0.6) is 0 Å². The monoisotopic (exact) mass is 290 g/mol. The van der Waals surface area contributed by atoms with Crippen LogP contribution < -0.4 is 5.32 Å². The lowest BCUT2D eigenvalue weighted by atomic mass is 9.89. The summed E-state index contributed by atoms with van der Waals surface area (Å²) in [5, 5.41) is 3.60. The second-order valence-corrected chi connectivity index (χ2v) is 6.57. The van der Waals surface area contributed by atoms with E-state index in [1.807, 2.05) is 25.7 Å². The van der Waals surface area contributed by atoms with Crippen molar-refractivity contribution in [2.75, 3.05) is 19.6 Å². The number of rotatable bonds is 2. The summed E-state index contributed by atoms with van der Waals surface area (Å²) in [6, 6.07) is 0.605. The third kappa shape index (κ3) is 2.73. The van der Waals surface area contributed by atoms with Gasteiger partial charge >= 0.3 is 0 Å². The number of hydrogen-bond acceptors (Lipinski definition) is 3. The highest BCUT2D eigenvalue weighted by molar-refractivity contribution is 5.97. The summed E-state index contributed by atoms with van der Waals surface area (Å²) in [4.78, 5) is 14.9. The van der Waals surface area contributed by atoms with Gasteiger partial charge in [-0.2, -0.15) is 0 Å². The van der Waals surface area contributed by atoms with Crippen LogP contribution in [0.2, 0.25) is 0 Å². The molecule has 0 aromatic carbocycles. The molecule has 2 fully saturated rings. The Hall–Kier alpha value is -1.29. The van der Waals surface area contributed by atoms with Gasteiger partial charge in [0.1, 0.15) is 11.5 Å². The van der Waals surface area contributed by atoms with Crippen molar-refractivity contribution in [1.29, 1.82) is 0 Å². The molecule has 2 saturated heterocycles. The summed E-state index contributed by atoms with van der Waals surface area (Å²) >= 11 is 0. The standard InChI is InChI=1S/C17H26N2O2/c1-11-12(2)21-13(3)16(11)17(20)19-9-5-6-14(10-19)15-7-4-8-18-15/h14-15,18H,4-10H2,1-3H3. The van der Waals surface area contributed by atoms with E-state index >= 15 is 0 Å². The van der Waals surface area contributed by atoms with E-state index in [0.29, 0.717) is 12.0 Å². The summed E-state index contributed by atoms with van der Waals surface area (Å²) in [5.74, 6) is 2.39. The summed E-state index contributed by atoms with van der Waals surface area (Å²) in [7, 11) is 0. The first-order valence-corrected chi connectivity index (χ1v) is 8.17. The molecule has 1 amide bonds. The fraction of sp³-hybridized carbons (Fsp3) is 0.706. The quantitative estimate of drug-likeness (QED) is 0.911. The van der Waals surface area contributed by atoms with Gasteiger partial charge in [-0.15, -0.1) is 0 Å². The molecular formula is C17H26N2O2. The summed E-state index contributed by atoms with van der Waals surface area (Å²) in [6.07, 6.45) is 4.89. The van der Waals surface area contributed by atoms with E-state index in [9.17, 15) is 4.79 Å². The van der Waals surface area contributed by atoms with Gasteiger partial charge in [0.15, 0.2) is 0 Å². The molecule has 4 nitrogen and oxygen atoms in total. The molecule has 2 aliphatic rings. The van der Waals surface area contributed by atoms with Crippen molar-refractivity contribution in [2.45, 2.75) is 52.5 Å². The van der Waals surface area contributed by atoms with Gasteiger partial charge in [-0.1, -0.05) is 0 Å². The highest BCUT2D eigenvalue weighted by atomic mass is 16.3. The predicted molar refractivity (Wildman–Crippen MR) is 82.6 cm³/mol. The first-order chi connectivity index (χ1) is 10.1. The fourth-order valence-electron chi connectivity index (χ4n) is 3.90. The van der Waals surface area contributed by atoms with Crippen molar-refractivity contribution in [3.63, 3.8) is 0 Å². The number of likely N-dealkylation sites (tertiary alicyclic amines) is 1. The summed E-state index contributed by atoms with van der Waals surface area (Å²) in [5.41, 5.74) is 1.78. The van der Waals surface area contributed by atoms with E-state index in [4.69, 9.17) is 4.42 Å². The maximum Gasteiger partial charge on any atom is 0.257 e. The molecule has 0 spiro atoms. The molecular weight excluding hydrogens is 264 g/mol. The molecule has 116 valence electrons. The maximum absolute atomic E-state index is 12.9. The Morgan fingerprint density at radius 2 is 2.00 bits per heavy atom. The summed E-state index contributed by atoms with van der Waals surface area (Å²) in [6.45, 7) is 8.71. The minimum atomic E-state index is 0.157. The molecule has 0 radical (unpaired) electrons. The van der Waals surface area contributed by atoms with E-state index in [1.54, 1.807) is 0 Å². The number of nitrogens with zero attached hydrogens (tertiary/aromatic N) is 1. The number of nitrogens with one attached hydrogen (secondary N) is 1. The molecule has 1 N–H and O–H groups in total. The smallest absolute Gasteiger partial charge is 0.257 e. The van der Waals surface area contributed by atoms with Gasteiger partial charge < -0.3 is 14.6 Å². The van der Waals surface area contributed by atoms with Gasteiger partial charge in [-0.05, 0) is 58.9 Å². The third-order valence-corrected chi connectivity index (χ3v) is 5.19. The van der Waals surface area contributed by atoms with Gasteiger partial charge in [0.25, 0.3) is 5.91 Å². The lowest BCUT2D eigenvalue weighted by molar-refractivity contribution is 0.0648. The molecule has 0 saturated carbocycles. The SMILES string of the molecule is Cc1oc(C)c(C(=O)N2CCCC(C3CCCN3)C2)c1C. The molecule has 2 atom stereocenters. The number of aryl methyl sites for hydroxylation is 2. The van der Waals surface area contributed by atoms with Crippen molar-refractivity contribution in [1.82, 2.24) is 10.2 Å². The Balaban J connectivity index is 1.74. The van der Waals surface area contributed by atoms with E-state index in [0.717, 1.165) is 48.7 Å². The highest BCUT2D eigenvalue weighted by Crippen LogP contribution is 2.28. The third-order valence-electron chi connectivity index (χ3n) is 5.19. The van der Waals surface area contributed by atoms with Crippen LogP contribution in [0, 0.1) is 26.7 Å². The van der Waals surface area contributed by atoms with E-state index in [1.165, 1.54) is 19.3 Å². The number of carbonyl (C=O) groups is 1. The van der Waals surface area contributed by atoms with E-state index < -0.39 is 0 Å². The number of hydrogen-bond donors (Lipinski definition) is 1. The van der Waals surface area contributed by atoms with E-state index in [2.05, 4.69) is 5.32 Å². The van der Waals surface area contributed by atoms with Crippen molar-refractivity contribution in [3.8, 4) is 0 Å². The van der Waals surface area contributed by atoms with Gasteiger partial charge in [-0.3, -0.25) is 4.79 Å². The van der Waals surface area contributed by atoms with Gasteiger partial charge in [0.2, 0.25) is 0 Å². The van der Waals surface area contributed by atoms with Crippen LogP contribution in [0.4, 0.5) is 0 Å². The van der Waals surface area contributed by atoms with Crippen LogP contribution in [0.1, 0.15) is 53.1 Å². The van der Waals surface area contributed by atoms with Gasteiger partial charge in [0.05, 0.1) is 5.56 Å². The zero-order valence-electron chi connectivity index (χ0n) is 13.4. The molecule has 0 aliphatic carbocycles. The zero-order chi connectivity index (χ0) is 15.0. The minimum Gasteiger partial charge on any atom is -0.466 e. The Bertz CT molecular complexity index is 529. The number of amides is 1. The van der Waals surface area contributed by atoms with Crippen molar-refractivity contribution in [2.24, 2.45) is 5.92 Å². The molecule has 1 aromatic heterocycles. The predicted octanol–water partition coefficient (Wildman–Crippen LogP) is 2.81. The largest absolute Gasteiger partial charge is 0.466 e. The Kier molecular flexibility index (Phi) is 4.07. The topological polar surface area (TPSA) is 45.5 Å². The number of carbonyl (C=O) groups excluding carboxylic acids is 1. The normalized spacial score (nSPS) is 26.3. The Morgan fingerprint density at radius 3 is 2.62 bits per heavy atom. The molecule has 2 unspecified atom stereocenters. The molecule has 3 heterocycles. The second kappa shape index (κ2) is 5.84. The maximum atomic E-state index is 12.9. The first kappa shape index (κ1) is 14.6. The van der Waals surface area contributed by atoms with Gasteiger partial charge in [-0.25, -0.2) is 0 Å². The average Bonchev–Trinajstić information content (AvgIpc) is 3.08. The molecule has 0 bridgehead atoms. The van der Waals surface area contributed by atoms with Crippen LogP contribution in [0.3, 0.4) is 0 Å². The zero-order valence-corrected chi connectivity index (χ0v) is 13.4. The summed E-state index contributed by atoms with van der Waals surface area (Å²) < 4.78 is 5.62. The van der Waals surface area contributed by atoms with Crippen LogP contribution in [-0.2, 0) is 0 Å². The fourth-order valence-corrected chi connectivity index (χ4v) is 3.90. The molecule has 3 rings (SSSR count). The first-order valence-electron chi connectivity index (χ1n) is 8.17. The van der Waals surface area contributed by atoms with Crippen LogP contribution >= 0.6 is 0 Å². The Labute approximate surface area is 126 Å². The lowest BCUT2D eigenvalue weighted by Gasteiger charge is -2.36. The van der Waals surface area contributed by atoms with Crippen LogP contribution in [0.15, 0.2) is 4.42 Å². The molecule has 2 aliphatic heterocycles. The molecule has 4 heteroatoms. The van der Waals surface area contributed by atoms with Crippen molar-refractivity contribution < 1.29 is 9.21 Å². The van der Waals surface area contributed by atoms with Crippen LogP contribution in [0.25, 0.3) is 0 Å². The second-order valence-electron chi connectivity index (χ2n) is 6.57. The number of piperidine rings is 1. The van der Waals surface area contributed by atoms with Crippen molar-refractivity contribution >= 4 is 5.91 Å². The van der Waals surface area contributed by atoms with Crippen molar-refractivity contribution in [3.05, 3.63) is 22.6 Å².